The molecule has 122 valence electrons. The predicted octanol–water partition coefficient (Wildman–Crippen LogP) is 3.01. The molecule has 0 bridgehead atoms. The van der Waals surface area contributed by atoms with Gasteiger partial charge in [-0.3, -0.25) is 0 Å². The van der Waals surface area contributed by atoms with Crippen molar-refractivity contribution in [1.29, 1.82) is 0 Å². The van der Waals surface area contributed by atoms with E-state index in [0.29, 0.717) is 0 Å². The van der Waals surface area contributed by atoms with Crippen molar-refractivity contribution >= 4 is 11.0 Å². The molecular formula is C20H16N4O. The van der Waals surface area contributed by atoms with Crippen molar-refractivity contribution in [3.05, 3.63) is 72.8 Å². The molecule has 2 aromatic heterocycles. The SMILES string of the molecule is C#CCOn1c(-c2ccccc2)nc2ccc(Cn3ccnc3)cc21. The molecule has 2 aromatic carbocycles. The molecule has 5 heteroatoms. The minimum Gasteiger partial charge on any atom is -0.399 e. The molecule has 5 nitrogen and oxygen atoms in total. The van der Waals surface area contributed by atoms with Crippen molar-refractivity contribution in [3.8, 4) is 23.7 Å². The highest BCUT2D eigenvalue weighted by molar-refractivity contribution is 5.81. The fourth-order valence-electron chi connectivity index (χ4n) is 2.79. The van der Waals surface area contributed by atoms with E-state index < -0.39 is 0 Å². The van der Waals surface area contributed by atoms with Crippen LogP contribution in [-0.2, 0) is 6.54 Å². The molecule has 0 amide bonds. The summed E-state index contributed by atoms with van der Waals surface area (Å²) in [5.41, 5.74) is 3.87. The van der Waals surface area contributed by atoms with Crippen molar-refractivity contribution in [1.82, 2.24) is 19.3 Å². The normalized spacial score (nSPS) is 10.7. The second kappa shape index (κ2) is 6.54. The van der Waals surface area contributed by atoms with Crippen LogP contribution in [0.15, 0.2) is 67.3 Å². The summed E-state index contributed by atoms with van der Waals surface area (Å²) in [6.07, 6.45) is 10.9. The maximum absolute atomic E-state index is 5.78. The zero-order valence-corrected chi connectivity index (χ0v) is 13.5. The first-order valence-corrected chi connectivity index (χ1v) is 7.94. The summed E-state index contributed by atoms with van der Waals surface area (Å²) < 4.78 is 3.74. The standard InChI is InChI=1S/C20H16N4O/c1-2-12-25-24-19-13-16(14-23-11-10-21-15-23)8-9-18(19)22-20(24)17-6-4-3-5-7-17/h1,3-11,13,15H,12,14H2. The molecule has 0 unspecified atom stereocenters. The third kappa shape index (κ3) is 2.98. The van der Waals surface area contributed by atoms with E-state index in [1.807, 2.05) is 47.2 Å². The van der Waals surface area contributed by atoms with E-state index in [4.69, 9.17) is 16.2 Å². The Labute approximate surface area is 145 Å². The second-order valence-corrected chi connectivity index (χ2v) is 5.63. The van der Waals surface area contributed by atoms with E-state index >= 15 is 0 Å². The molecular weight excluding hydrogens is 312 g/mol. The molecule has 0 aliphatic heterocycles. The minimum absolute atomic E-state index is 0.178. The summed E-state index contributed by atoms with van der Waals surface area (Å²) in [5, 5.41) is 0. The third-order valence-corrected chi connectivity index (χ3v) is 3.91. The molecule has 4 rings (SSSR count). The van der Waals surface area contributed by atoms with Crippen molar-refractivity contribution in [2.75, 3.05) is 6.61 Å². The fraction of sp³-hybridized carbons (Fsp3) is 0.100. The quantitative estimate of drug-likeness (QED) is 0.529. The van der Waals surface area contributed by atoms with Gasteiger partial charge in [-0.1, -0.05) is 42.3 Å². The number of terminal acetylenes is 1. The number of aromatic nitrogens is 4. The molecule has 0 N–H and O–H groups in total. The lowest BCUT2D eigenvalue weighted by Gasteiger charge is -2.09. The molecule has 0 atom stereocenters. The smallest absolute Gasteiger partial charge is 0.176 e. The van der Waals surface area contributed by atoms with Crippen molar-refractivity contribution in [2.24, 2.45) is 0 Å². The van der Waals surface area contributed by atoms with E-state index in [9.17, 15) is 0 Å². The van der Waals surface area contributed by atoms with Crippen molar-refractivity contribution < 1.29 is 4.84 Å². The molecule has 0 saturated carbocycles. The van der Waals surface area contributed by atoms with E-state index in [1.54, 1.807) is 17.3 Å². The van der Waals surface area contributed by atoms with Gasteiger partial charge >= 0.3 is 0 Å². The Morgan fingerprint density at radius 3 is 2.76 bits per heavy atom. The molecule has 0 aliphatic carbocycles. The van der Waals surface area contributed by atoms with Gasteiger partial charge in [0.1, 0.15) is 5.52 Å². The lowest BCUT2D eigenvalue weighted by atomic mass is 10.2. The average Bonchev–Trinajstić information content (AvgIpc) is 3.28. The first kappa shape index (κ1) is 15.0. The van der Waals surface area contributed by atoms with Crippen LogP contribution in [0.25, 0.3) is 22.4 Å². The summed E-state index contributed by atoms with van der Waals surface area (Å²) in [6.45, 7) is 0.911. The topological polar surface area (TPSA) is 44.9 Å². The molecule has 2 heterocycles. The maximum Gasteiger partial charge on any atom is 0.176 e. The van der Waals surface area contributed by atoms with E-state index in [1.165, 1.54) is 0 Å². The Morgan fingerprint density at radius 2 is 2.00 bits per heavy atom. The number of hydrogen-bond donors (Lipinski definition) is 0. The highest BCUT2D eigenvalue weighted by atomic mass is 16.7. The van der Waals surface area contributed by atoms with Crippen molar-refractivity contribution in [2.45, 2.75) is 6.54 Å². The monoisotopic (exact) mass is 328 g/mol. The molecule has 0 aliphatic rings. The van der Waals surface area contributed by atoms with Gasteiger partial charge in [0.25, 0.3) is 0 Å². The molecule has 4 aromatic rings. The predicted molar refractivity (Wildman–Crippen MR) is 96.8 cm³/mol. The average molecular weight is 328 g/mol. The van der Waals surface area contributed by atoms with Gasteiger partial charge in [0, 0.05) is 24.5 Å². The molecule has 25 heavy (non-hydrogen) atoms. The van der Waals surface area contributed by atoms with Crippen LogP contribution < -0.4 is 4.84 Å². The number of imidazole rings is 2. The van der Waals surface area contributed by atoms with Crippen LogP contribution in [0.3, 0.4) is 0 Å². The van der Waals surface area contributed by atoms with Gasteiger partial charge in [-0.05, 0) is 17.7 Å². The summed E-state index contributed by atoms with van der Waals surface area (Å²) in [6, 6.07) is 16.1. The second-order valence-electron chi connectivity index (χ2n) is 5.63. The van der Waals surface area contributed by atoms with Gasteiger partial charge in [0.15, 0.2) is 12.4 Å². The summed E-state index contributed by atoms with van der Waals surface area (Å²) >= 11 is 0. The Balaban J connectivity index is 1.81. The van der Waals surface area contributed by atoms with Crippen molar-refractivity contribution in [3.63, 3.8) is 0 Å². The fourth-order valence-corrected chi connectivity index (χ4v) is 2.79. The van der Waals surface area contributed by atoms with Crippen LogP contribution in [-0.4, -0.2) is 25.9 Å². The lowest BCUT2D eigenvalue weighted by molar-refractivity contribution is 0.153. The number of rotatable bonds is 5. The van der Waals surface area contributed by atoms with Crippen LogP contribution in [0.4, 0.5) is 0 Å². The Hall–Kier alpha value is -3.52. The first-order valence-electron chi connectivity index (χ1n) is 7.94. The lowest BCUT2D eigenvalue weighted by Crippen LogP contribution is -2.13. The highest BCUT2D eigenvalue weighted by Gasteiger charge is 2.14. The molecule has 0 saturated heterocycles. The number of nitrogens with zero attached hydrogens (tertiary/aromatic N) is 4. The maximum atomic E-state index is 5.78. The minimum atomic E-state index is 0.178. The number of fused-ring (bicyclic) bond motifs is 1. The molecule has 0 radical (unpaired) electrons. The van der Waals surface area contributed by atoms with Gasteiger partial charge < -0.3 is 9.40 Å². The zero-order valence-electron chi connectivity index (χ0n) is 13.5. The summed E-state index contributed by atoms with van der Waals surface area (Å²) in [4.78, 5) is 14.6. The Bertz CT molecular complexity index is 1030. The highest BCUT2D eigenvalue weighted by Crippen LogP contribution is 2.25. The largest absolute Gasteiger partial charge is 0.399 e. The van der Waals surface area contributed by atoms with Gasteiger partial charge in [-0.2, -0.15) is 4.73 Å². The van der Waals surface area contributed by atoms with Gasteiger partial charge in [0.2, 0.25) is 0 Å². The molecule has 0 fully saturated rings. The van der Waals surface area contributed by atoms with E-state index in [0.717, 1.165) is 34.5 Å². The summed E-state index contributed by atoms with van der Waals surface area (Å²) in [5.74, 6) is 3.26. The van der Waals surface area contributed by atoms with Crippen LogP contribution in [0, 0.1) is 12.3 Å². The van der Waals surface area contributed by atoms with E-state index in [-0.39, 0.29) is 6.61 Å². The number of hydrogen-bond acceptors (Lipinski definition) is 3. The van der Waals surface area contributed by atoms with Crippen LogP contribution >= 0.6 is 0 Å². The zero-order chi connectivity index (χ0) is 17.1. The van der Waals surface area contributed by atoms with Gasteiger partial charge in [-0.15, -0.1) is 6.42 Å². The van der Waals surface area contributed by atoms with Crippen LogP contribution in [0.2, 0.25) is 0 Å². The summed E-state index contributed by atoms with van der Waals surface area (Å²) in [7, 11) is 0. The first-order chi connectivity index (χ1) is 12.3. The van der Waals surface area contributed by atoms with Crippen LogP contribution in [0.5, 0.6) is 0 Å². The van der Waals surface area contributed by atoms with Crippen LogP contribution in [0.1, 0.15) is 5.56 Å². The van der Waals surface area contributed by atoms with Gasteiger partial charge in [-0.25, -0.2) is 9.97 Å². The molecule has 0 spiro atoms. The Kier molecular flexibility index (Phi) is 3.93. The number of benzene rings is 2. The van der Waals surface area contributed by atoms with Gasteiger partial charge in [0.05, 0.1) is 11.8 Å². The Morgan fingerprint density at radius 1 is 1.12 bits per heavy atom. The van der Waals surface area contributed by atoms with E-state index in [2.05, 4.69) is 23.0 Å². The third-order valence-electron chi connectivity index (χ3n) is 3.91.